The van der Waals surface area contributed by atoms with Crippen molar-refractivity contribution in [1.29, 1.82) is 0 Å². The molecule has 33 heavy (non-hydrogen) atoms. The van der Waals surface area contributed by atoms with E-state index in [1.807, 2.05) is 85.8 Å². The van der Waals surface area contributed by atoms with Crippen LogP contribution < -0.4 is 0 Å². The maximum Gasteiger partial charge on any atom is 0.336 e. The van der Waals surface area contributed by atoms with E-state index in [4.69, 9.17) is 0 Å². The van der Waals surface area contributed by atoms with Crippen molar-refractivity contribution in [3.63, 3.8) is 0 Å². The summed E-state index contributed by atoms with van der Waals surface area (Å²) in [5.74, 6) is -1.05. The van der Waals surface area contributed by atoms with Crippen molar-refractivity contribution in [2.45, 2.75) is 19.0 Å². The fourth-order valence-electron chi connectivity index (χ4n) is 4.21. The summed E-state index contributed by atoms with van der Waals surface area (Å²) in [6, 6.07) is 29.8. The van der Waals surface area contributed by atoms with Crippen LogP contribution in [0.15, 0.2) is 97.1 Å². The van der Waals surface area contributed by atoms with Crippen molar-refractivity contribution >= 4 is 13.6 Å². The van der Waals surface area contributed by atoms with Gasteiger partial charge in [0.15, 0.2) is 0 Å². The molecule has 0 heterocycles. The lowest BCUT2D eigenvalue weighted by molar-refractivity contribution is 0.0697. The van der Waals surface area contributed by atoms with Crippen LogP contribution in [0.25, 0.3) is 11.1 Å². The van der Waals surface area contributed by atoms with Crippen LogP contribution in [0, 0.1) is 6.92 Å². The van der Waals surface area contributed by atoms with Gasteiger partial charge in [-0.2, -0.15) is 0 Å². The van der Waals surface area contributed by atoms with Gasteiger partial charge in [-0.15, -0.1) is 0 Å². The molecule has 0 spiro atoms. The highest BCUT2D eigenvalue weighted by Gasteiger charge is 2.25. The monoisotopic (exact) mass is 454 g/mol. The summed E-state index contributed by atoms with van der Waals surface area (Å²) in [7, 11) is -2.87. The Kier molecular flexibility index (Phi) is 6.67. The topological polar surface area (TPSA) is 71.4 Å². The Morgan fingerprint density at radius 1 is 0.818 bits per heavy atom. The molecule has 0 aliphatic carbocycles. The van der Waals surface area contributed by atoms with E-state index in [1.54, 1.807) is 12.1 Å². The molecule has 0 aliphatic heterocycles. The predicted molar refractivity (Wildman–Crippen MR) is 129 cm³/mol. The lowest BCUT2D eigenvalue weighted by Gasteiger charge is -2.18. The lowest BCUT2D eigenvalue weighted by atomic mass is 9.90. The van der Waals surface area contributed by atoms with Gasteiger partial charge in [-0.25, -0.2) is 13.9 Å². The highest BCUT2D eigenvalue weighted by atomic mass is 31.1. The van der Waals surface area contributed by atoms with Gasteiger partial charge in [0.05, 0.1) is 5.56 Å². The zero-order valence-corrected chi connectivity index (χ0v) is 19.0. The van der Waals surface area contributed by atoms with Gasteiger partial charge in [0.25, 0.3) is 0 Å². The summed E-state index contributed by atoms with van der Waals surface area (Å²) in [4.78, 5) is 11.9. The molecule has 0 aliphatic rings. The second-order valence-corrected chi connectivity index (χ2v) is 9.06. The first-order valence-corrected chi connectivity index (χ1v) is 11.9. The molecule has 5 heteroatoms. The van der Waals surface area contributed by atoms with Crippen LogP contribution in [-0.4, -0.2) is 11.1 Å². The van der Waals surface area contributed by atoms with Gasteiger partial charge in [-0.1, -0.05) is 84.9 Å². The van der Waals surface area contributed by atoms with Gasteiger partial charge in [0, 0.05) is 0 Å². The average molecular weight is 454 g/mol. The summed E-state index contributed by atoms with van der Waals surface area (Å²) in [5.41, 5.74) is 4.74. The van der Waals surface area contributed by atoms with E-state index < -0.39 is 19.3 Å². The van der Waals surface area contributed by atoms with Crippen LogP contribution in [0.4, 0.5) is 0 Å². The second-order valence-electron chi connectivity index (χ2n) is 7.97. The van der Waals surface area contributed by atoms with Crippen LogP contribution in [0.2, 0.25) is 0 Å². The van der Waals surface area contributed by atoms with E-state index in [9.17, 15) is 19.0 Å². The van der Waals surface area contributed by atoms with Crippen LogP contribution in [0.5, 0.6) is 0 Å². The summed E-state index contributed by atoms with van der Waals surface area (Å²) in [6.07, 6.45) is 0.606. The zero-order valence-electron chi connectivity index (χ0n) is 18.1. The Hall–Kier alpha value is -3.75. The lowest BCUT2D eigenvalue weighted by Crippen LogP contribution is -2.05. The van der Waals surface area contributed by atoms with Crippen molar-refractivity contribution in [3.05, 3.63) is 130 Å². The molecule has 164 valence electrons. The van der Waals surface area contributed by atoms with Crippen molar-refractivity contribution < 1.29 is 19.0 Å². The number of benzene rings is 4. The smallest absolute Gasteiger partial charge is 0.336 e. The third-order valence-corrected chi connectivity index (χ3v) is 6.82. The minimum absolute atomic E-state index is 0.144. The molecule has 1 atom stereocenters. The van der Waals surface area contributed by atoms with Crippen molar-refractivity contribution in [2.24, 2.45) is 0 Å². The molecule has 4 aromatic rings. The first-order chi connectivity index (χ1) is 16.0. The number of aromatic carboxylic acids is 1. The van der Waals surface area contributed by atoms with Crippen molar-refractivity contribution in [1.82, 2.24) is 0 Å². The molecule has 0 saturated carbocycles. The molecular weight excluding hydrogens is 431 g/mol. The quantitative estimate of drug-likeness (QED) is 0.299. The van der Waals surface area contributed by atoms with Gasteiger partial charge in [-0.05, 0) is 64.4 Å². The fourth-order valence-corrected chi connectivity index (χ4v) is 5.09. The van der Waals surface area contributed by atoms with Gasteiger partial charge >= 0.3 is 13.6 Å². The van der Waals surface area contributed by atoms with Crippen molar-refractivity contribution in [2.75, 3.05) is 0 Å². The van der Waals surface area contributed by atoms with Gasteiger partial charge in [-0.3, -0.25) is 0 Å². The number of hydrogen-bond donors (Lipinski definition) is 1. The number of carboxylic acid groups (broad SMARTS) is 1. The molecule has 0 saturated heterocycles. The molecule has 0 fully saturated rings. The maximum atomic E-state index is 12.6. The number of rotatable bonds is 7. The largest absolute Gasteiger partial charge is 0.478 e. The molecule has 0 bridgehead atoms. The Morgan fingerprint density at radius 2 is 1.48 bits per heavy atom. The Balaban J connectivity index is 1.86. The normalized spacial score (nSPS) is 11.7. The van der Waals surface area contributed by atoms with Crippen molar-refractivity contribution in [3.8, 4) is 11.1 Å². The number of carbonyl (C=O) groups is 1. The van der Waals surface area contributed by atoms with E-state index in [0.29, 0.717) is 23.1 Å². The second kappa shape index (κ2) is 9.81. The molecule has 0 aromatic heterocycles. The van der Waals surface area contributed by atoms with E-state index in [-0.39, 0.29) is 5.56 Å². The Morgan fingerprint density at radius 3 is 2.18 bits per heavy atom. The molecule has 4 nitrogen and oxygen atoms in total. The van der Waals surface area contributed by atoms with Crippen LogP contribution in [0.3, 0.4) is 0 Å². The van der Waals surface area contributed by atoms with E-state index in [0.717, 1.165) is 22.3 Å². The van der Waals surface area contributed by atoms with Crippen LogP contribution in [0.1, 0.15) is 43.8 Å². The summed E-state index contributed by atoms with van der Waals surface area (Å²) in [6.45, 7) is 1.91. The molecule has 0 amide bonds. The Bertz CT molecular complexity index is 1370. The summed E-state index contributed by atoms with van der Waals surface area (Å²) >= 11 is 0. The molecule has 4 aromatic carbocycles. The van der Waals surface area contributed by atoms with E-state index in [2.05, 4.69) is 0 Å². The van der Waals surface area contributed by atoms with Gasteiger partial charge in [0.2, 0.25) is 0 Å². The van der Waals surface area contributed by atoms with Crippen LogP contribution in [-0.2, 0) is 15.6 Å². The van der Waals surface area contributed by atoms with E-state index >= 15 is 0 Å². The zero-order chi connectivity index (χ0) is 23.4. The van der Waals surface area contributed by atoms with Crippen LogP contribution >= 0.6 is 7.68 Å². The number of carboxylic acids is 1. The standard InChI is InChI=1S/C28H23O4P/c1-19-9-5-7-13-23(19)26-18-22(15-16-25(26)28(29)30)27(33(31)32)24-14-8-6-12-21(24)17-20-10-3-2-4-11-20/h2-16,18,27H,17H2,1H3,(H,29,30). The minimum atomic E-state index is -2.87. The molecule has 0 radical (unpaired) electrons. The van der Waals surface area contributed by atoms with Gasteiger partial charge < -0.3 is 5.11 Å². The molecule has 1 unspecified atom stereocenters. The molecular formula is C28H23O4P. The third kappa shape index (κ3) is 4.87. The number of hydrogen-bond acceptors (Lipinski definition) is 3. The first kappa shape index (κ1) is 22.4. The van der Waals surface area contributed by atoms with Gasteiger partial charge in [0.1, 0.15) is 5.66 Å². The third-order valence-electron chi connectivity index (χ3n) is 5.82. The highest BCUT2D eigenvalue weighted by Crippen LogP contribution is 2.42. The minimum Gasteiger partial charge on any atom is -0.478 e. The predicted octanol–water partition coefficient (Wildman–Crippen LogP) is 7.21. The SMILES string of the molecule is Cc1ccccc1-c1cc(C(c2ccccc2Cc2ccccc2)P(=O)=O)ccc1C(=O)O. The van der Waals surface area contributed by atoms with E-state index in [1.165, 1.54) is 6.07 Å². The highest BCUT2D eigenvalue weighted by molar-refractivity contribution is 7.31. The summed E-state index contributed by atoms with van der Waals surface area (Å²) < 4.78 is 25.1. The number of aryl methyl sites for hydroxylation is 1. The average Bonchev–Trinajstić information content (AvgIpc) is 2.81. The first-order valence-electron chi connectivity index (χ1n) is 10.6. The summed E-state index contributed by atoms with van der Waals surface area (Å²) in [5, 5.41) is 9.76. The Labute approximate surface area is 193 Å². The molecule has 1 N–H and O–H groups in total. The maximum absolute atomic E-state index is 12.6. The molecule has 4 rings (SSSR count). The fraction of sp³-hybridized carbons (Fsp3) is 0.107.